The van der Waals surface area contributed by atoms with Gasteiger partial charge in [-0.15, -0.1) is 0 Å². The molecule has 2 rings (SSSR count). The number of carbonyl (C=O) groups excluding carboxylic acids is 1. The molecule has 2 aliphatic heterocycles. The number of aliphatic hydroxyl groups excluding tert-OH is 8. The fourth-order valence-electron chi connectivity index (χ4n) is 6.48. The van der Waals surface area contributed by atoms with Gasteiger partial charge in [-0.2, -0.15) is 0 Å². The van der Waals surface area contributed by atoms with Crippen LogP contribution in [0.5, 0.6) is 0 Å². The minimum Gasteiger partial charge on any atom is -0.394 e. The van der Waals surface area contributed by atoms with Crippen LogP contribution in [-0.4, -0.2) is 140 Å². The van der Waals surface area contributed by atoms with Gasteiger partial charge < -0.3 is 65.1 Å². The van der Waals surface area contributed by atoms with Gasteiger partial charge in [0.1, 0.15) is 48.8 Å². The van der Waals surface area contributed by atoms with Crippen LogP contribution in [0.2, 0.25) is 0 Å². The average Bonchev–Trinajstić information content (AvgIpc) is 3.15. The number of nitrogens with one attached hydrogen (secondary N) is 1. The van der Waals surface area contributed by atoms with Gasteiger partial charge in [0.25, 0.3) is 0 Å². The quantitative estimate of drug-likeness (QED) is 0.0413. The topological polar surface area (TPSA) is 228 Å². The third-order valence-electron chi connectivity index (χ3n) is 9.89. The number of hydrogen-bond acceptors (Lipinski definition) is 13. The number of unbranched alkanes of at least 4 members (excludes halogenated alkanes) is 13. The lowest BCUT2D eigenvalue weighted by atomic mass is 9.97. The van der Waals surface area contributed by atoms with E-state index < -0.39 is 86.8 Å². The van der Waals surface area contributed by atoms with Crippen LogP contribution in [0.3, 0.4) is 0 Å². The van der Waals surface area contributed by atoms with E-state index in [1.807, 2.05) is 6.08 Å². The van der Waals surface area contributed by atoms with Crippen molar-refractivity contribution in [3.8, 4) is 0 Å². The fourth-order valence-corrected chi connectivity index (χ4v) is 6.48. The standard InChI is InChI=1S/C39H71NO13/c1-3-5-7-9-11-12-13-14-15-17-18-20-22-28(43)27(40-31(44)23-21-19-16-10-8-6-4-2)26-50-38-36(49)34(47)37(30(25-42)52-38)53-39-35(48)33(46)32(45)29(24-41)51-39/h14-15,20,22,27-30,32-39,41-43,45-49H,3-13,16-19,21,23-26H2,1-2H3,(H,40,44)/b15-14+,22-20+. The van der Waals surface area contributed by atoms with E-state index in [-0.39, 0.29) is 18.9 Å². The molecule has 12 atom stereocenters. The highest BCUT2D eigenvalue weighted by molar-refractivity contribution is 5.76. The van der Waals surface area contributed by atoms with Crippen molar-refractivity contribution >= 4 is 5.91 Å². The summed E-state index contributed by atoms with van der Waals surface area (Å²) in [6, 6.07) is -0.921. The Kier molecular flexibility index (Phi) is 25.1. The van der Waals surface area contributed by atoms with Crippen LogP contribution in [0.15, 0.2) is 24.3 Å². The molecule has 14 nitrogen and oxygen atoms in total. The number of rotatable bonds is 28. The number of aliphatic hydroxyl groups is 8. The SMILES string of the molecule is CCCCCCCC/C=C/CC/C=C/C(O)C(COC1OC(CO)C(OC2OC(CO)C(O)C(O)C2O)C(O)C1O)NC(=O)CCCCCCCCC. The van der Waals surface area contributed by atoms with Gasteiger partial charge in [0.2, 0.25) is 5.91 Å². The maximum atomic E-state index is 12.9. The second kappa shape index (κ2) is 28.0. The number of carbonyl (C=O) groups is 1. The summed E-state index contributed by atoms with van der Waals surface area (Å²) in [7, 11) is 0. The molecular formula is C39H71NO13. The highest BCUT2D eigenvalue weighted by atomic mass is 16.7. The highest BCUT2D eigenvalue weighted by Gasteiger charge is 2.50. The molecule has 0 aromatic heterocycles. The van der Waals surface area contributed by atoms with Gasteiger partial charge in [-0.05, 0) is 32.1 Å². The maximum Gasteiger partial charge on any atom is 0.220 e. The number of amides is 1. The van der Waals surface area contributed by atoms with Gasteiger partial charge in [0, 0.05) is 6.42 Å². The summed E-state index contributed by atoms with van der Waals surface area (Å²) < 4.78 is 22.5. The summed E-state index contributed by atoms with van der Waals surface area (Å²) in [6.45, 7) is 2.64. The molecule has 0 aromatic rings. The van der Waals surface area contributed by atoms with E-state index in [1.165, 1.54) is 51.4 Å². The zero-order chi connectivity index (χ0) is 39.0. The van der Waals surface area contributed by atoms with Crippen LogP contribution in [0.4, 0.5) is 0 Å². The molecule has 9 N–H and O–H groups in total. The van der Waals surface area contributed by atoms with Crippen molar-refractivity contribution < 1.29 is 64.6 Å². The lowest BCUT2D eigenvalue weighted by molar-refractivity contribution is -0.359. The summed E-state index contributed by atoms with van der Waals surface area (Å²) >= 11 is 0. The lowest BCUT2D eigenvalue weighted by Gasteiger charge is -2.46. The highest BCUT2D eigenvalue weighted by Crippen LogP contribution is 2.29. The molecule has 0 radical (unpaired) electrons. The number of allylic oxidation sites excluding steroid dienone is 3. The van der Waals surface area contributed by atoms with Gasteiger partial charge in [0.15, 0.2) is 12.6 Å². The van der Waals surface area contributed by atoms with E-state index in [9.17, 15) is 45.6 Å². The van der Waals surface area contributed by atoms with Crippen LogP contribution in [0, 0.1) is 0 Å². The average molecular weight is 762 g/mol. The zero-order valence-electron chi connectivity index (χ0n) is 32.0. The Morgan fingerprint density at radius 2 is 1.21 bits per heavy atom. The molecule has 310 valence electrons. The summed E-state index contributed by atoms with van der Waals surface area (Å²) in [4.78, 5) is 12.9. The molecule has 1 amide bonds. The van der Waals surface area contributed by atoms with Gasteiger partial charge in [-0.1, -0.05) is 109 Å². The Hall–Kier alpha value is -1.53. The van der Waals surface area contributed by atoms with E-state index in [1.54, 1.807) is 6.08 Å². The molecule has 0 aliphatic carbocycles. The van der Waals surface area contributed by atoms with E-state index >= 15 is 0 Å². The monoisotopic (exact) mass is 761 g/mol. The Morgan fingerprint density at radius 3 is 1.85 bits per heavy atom. The van der Waals surface area contributed by atoms with Crippen LogP contribution in [-0.2, 0) is 23.7 Å². The smallest absolute Gasteiger partial charge is 0.220 e. The van der Waals surface area contributed by atoms with Crippen molar-refractivity contribution in [1.29, 1.82) is 0 Å². The second-order valence-electron chi connectivity index (χ2n) is 14.4. The first-order chi connectivity index (χ1) is 25.6. The second-order valence-corrected chi connectivity index (χ2v) is 14.4. The van der Waals surface area contributed by atoms with Gasteiger partial charge in [0.05, 0.1) is 32.0 Å². The largest absolute Gasteiger partial charge is 0.394 e. The molecule has 2 fully saturated rings. The Bertz CT molecular complexity index is 998. The van der Waals surface area contributed by atoms with Crippen LogP contribution in [0.1, 0.15) is 123 Å². The van der Waals surface area contributed by atoms with E-state index in [4.69, 9.17) is 18.9 Å². The van der Waals surface area contributed by atoms with E-state index in [0.717, 1.165) is 38.5 Å². The van der Waals surface area contributed by atoms with Crippen molar-refractivity contribution in [2.75, 3.05) is 19.8 Å². The van der Waals surface area contributed by atoms with Crippen molar-refractivity contribution in [2.24, 2.45) is 0 Å². The molecule has 0 aromatic carbocycles. The molecule has 14 heteroatoms. The first-order valence-electron chi connectivity index (χ1n) is 20.1. The van der Waals surface area contributed by atoms with Crippen LogP contribution >= 0.6 is 0 Å². The minimum atomic E-state index is -1.79. The molecule has 2 saturated heterocycles. The normalized spacial score (nSPS) is 30.6. The molecule has 0 spiro atoms. The molecular weight excluding hydrogens is 690 g/mol. The fraction of sp³-hybridized carbons (Fsp3) is 0.872. The maximum absolute atomic E-state index is 12.9. The summed E-state index contributed by atoms with van der Waals surface area (Å²) in [5, 5.41) is 85.9. The number of ether oxygens (including phenoxy) is 4. The summed E-state index contributed by atoms with van der Waals surface area (Å²) in [5.74, 6) is -0.261. The van der Waals surface area contributed by atoms with Crippen molar-refractivity contribution in [1.82, 2.24) is 5.32 Å². The Balaban J connectivity index is 1.98. The molecule has 53 heavy (non-hydrogen) atoms. The molecule has 12 unspecified atom stereocenters. The predicted molar refractivity (Wildman–Crippen MR) is 198 cm³/mol. The van der Waals surface area contributed by atoms with Gasteiger partial charge in [-0.3, -0.25) is 4.79 Å². The van der Waals surface area contributed by atoms with Crippen LogP contribution in [0.25, 0.3) is 0 Å². The first-order valence-corrected chi connectivity index (χ1v) is 20.1. The zero-order valence-corrected chi connectivity index (χ0v) is 32.0. The predicted octanol–water partition coefficient (Wildman–Crippen LogP) is 2.26. The van der Waals surface area contributed by atoms with E-state index in [0.29, 0.717) is 12.8 Å². The van der Waals surface area contributed by atoms with Crippen molar-refractivity contribution in [2.45, 2.75) is 197 Å². The van der Waals surface area contributed by atoms with Crippen molar-refractivity contribution in [3.05, 3.63) is 24.3 Å². The molecule has 2 aliphatic rings. The third kappa shape index (κ3) is 17.4. The lowest BCUT2D eigenvalue weighted by Crippen LogP contribution is -2.65. The van der Waals surface area contributed by atoms with E-state index in [2.05, 4.69) is 31.3 Å². The molecule has 0 bridgehead atoms. The third-order valence-corrected chi connectivity index (χ3v) is 9.89. The minimum absolute atomic E-state index is 0.261. The Labute approximate surface area is 316 Å². The summed E-state index contributed by atoms with van der Waals surface area (Å²) in [6.07, 6.45) is 8.40. The van der Waals surface area contributed by atoms with Gasteiger partial charge >= 0.3 is 0 Å². The molecule has 2 heterocycles. The molecule has 0 saturated carbocycles. The number of hydrogen-bond donors (Lipinski definition) is 9. The Morgan fingerprint density at radius 1 is 0.660 bits per heavy atom. The summed E-state index contributed by atoms with van der Waals surface area (Å²) in [5.41, 5.74) is 0. The van der Waals surface area contributed by atoms with Crippen LogP contribution < -0.4 is 5.32 Å². The first kappa shape index (κ1) is 47.6. The van der Waals surface area contributed by atoms with Gasteiger partial charge in [-0.25, -0.2) is 0 Å². The van der Waals surface area contributed by atoms with Crippen molar-refractivity contribution in [3.63, 3.8) is 0 Å².